The maximum Gasteiger partial charge on any atom is 0.252 e. The lowest BCUT2D eigenvalue weighted by molar-refractivity contribution is -0.142. The van der Waals surface area contributed by atoms with Crippen LogP contribution in [0.15, 0.2) is 12.4 Å². The van der Waals surface area contributed by atoms with E-state index in [1.54, 1.807) is 6.20 Å². The van der Waals surface area contributed by atoms with Gasteiger partial charge in [0.15, 0.2) is 0 Å². The molecule has 92 valence electrons. The van der Waals surface area contributed by atoms with Crippen LogP contribution in [0.25, 0.3) is 0 Å². The van der Waals surface area contributed by atoms with Crippen LogP contribution in [0.3, 0.4) is 0 Å². The fourth-order valence-electron chi connectivity index (χ4n) is 2.73. The number of likely N-dealkylation sites (tertiary alicyclic amines) is 1. The molecule has 1 aromatic rings. The summed E-state index contributed by atoms with van der Waals surface area (Å²) in [5.41, 5.74) is 0. The van der Waals surface area contributed by atoms with Gasteiger partial charge in [0.25, 0.3) is 5.91 Å². The lowest BCUT2D eigenvalue weighted by atomic mass is 10.1. The highest BCUT2D eigenvalue weighted by Gasteiger charge is 2.36. The van der Waals surface area contributed by atoms with Crippen LogP contribution in [-0.4, -0.2) is 40.0 Å². The van der Waals surface area contributed by atoms with Crippen LogP contribution in [0, 0.1) is 0 Å². The minimum absolute atomic E-state index is 0.113. The standard InChI is InChI=1S/C12H17N3O2/c16-12(10-4-2-8-17-10)15-7-1-3-9(15)11-13-5-6-14-11/h5-6,9-10H,1-4,7-8H2,(H,13,14)/t9-,10+/m0/s1. The van der Waals surface area contributed by atoms with Gasteiger partial charge >= 0.3 is 0 Å². The second-order valence-electron chi connectivity index (χ2n) is 4.67. The van der Waals surface area contributed by atoms with E-state index in [0.717, 1.165) is 44.7 Å². The zero-order valence-electron chi connectivity index (χ0n) is 9.76. The molecule has 3 heterocycles. The quantitative estimate of drug-likeness (QED) is 0.839. The average molecular weight is 235 g/mol. The second-order valence-corrected chi connectivity index (χ2v) is 4.67. The Morgan fingerprint density at radius 1 is 1.47 bits per heavy atom. The number of amides is 1. The zero-order chi connectivity index (χ0) is 11.7. The molecule has 0 aliphatic carbocycles. The van der Waals surface area contributed by atoms with Crippen LogP contribution in [0.1, 0.15) is 37.5 Å². The third-order valence-electron chi connectivity index (χ3n) is 3.58. The van der Waals surface area contributed by atoms with Crippen molar-refractivity contribution in [3.05, 3.63) is 18.2 Å². The van der Waals surface area contributed by atoms with Crippen LogP contribution in [-0.2, 0) is 9.53 Å². The number of rotatable bonds is 2. The summed E-state index contributed by atoms with van der Waals surface area (Å²) < 4.78 is 5.47. The van der Waals surface area contributed by atoms with Crippen molar-refractivity contribution >= 4 is 5.91 Å². The van der Waals surface area contributed by atoms with Crippen molar-refractivity contribution in [1.29, 1.82) is 0 Å². The Bertz CT molecular complexity index is 384. The highest BCUT2D eigenvalue weighted by Crippen LogP contribution is 2.31. The number of nitrogens with zero attached hydrogens (tertiary/aromatic N) is 2. The smallest absolute Gasteiger partial charge is 0.252 e. The number of hydrogen-bond acceptors (Lipinski definition) is 3. The van der Waals surface area contributed by atoms with E-state index in [1.165, 1.54) is 0 Å². The van der Waals surface area contributed by atoms with E-state index in [0.29, 0.717) is 0 Å². The van der Waals surface area contributed by atoms with E-state index in [9.17, 15) is 4.79 Å². The summed E-state index contributed by atoms with van der Waals surface area (Å²) in [4.78, 5) is 21.6. The van der Waals surface area contributed by atoms with E-state index >= 15 is 0 Å². The molecule has 5 nitrogen and oxygen atoms in total. The van der Waals surface area contributed by atoms with Gasteiger partial charge in [0.05, 0.1) is 6.04 Å². The van der Waals surface area contributed by atoms with Crippen molar-refractivity contribution in [2.45, 2.75) is 37.8 Å². The molecule has 5 heteroatoms. The molecule has 1 N–H and O–H groups in total. The summed E-state index contributed by atoms with van der Waals surface area (Å²) in [6.07, 6.45) is 7.22. The average Bonchev–Trinajstić information content (AvgIpc) is 3.09. The van der Waals surface area contributed by atoms with E-state index in [2.05, 4.69) is 9.97 Å². The molecule has 0 bridgehead atoms. The predicted molar refractivity (Wildman–Crippen MR) is 61.2 cm³/mol. The lowest BCUT2D eigenvalue weighted by Crippen LogP contribution is -2.38. The summed E-state index contributed by atoms with van der Waals surface area (Å²) in [6.45, 7) is 1.54. The Balaban J connectivity index is 1.75. The largest absolute Gasteiger partial charge is 0.368 e. The molecule has 2 aliphatic rings. The molecule has 17 heavy (non-hydrogen) atoms. The second kappa shape index (κ2) is 4.49. The molecule has 2 fully saturated rings. The van der Waals surface area contributed by atoms with Gasteiger partial charge in [-0.15, -0.1) is 0 Å². The molecule has 0 radical (unpaired) electrons. The number of ether oxygens (including phenoxy) is 1. The van der Waals surface area contributed by atoms with Crippen molar-refractivity contribution in [3.8, 4) is 0 Å². The van der Waals surface area contributed by atoms with Crippen LogP contribution < -0.4 is 0 Å². The van der Waals surface area contributed by atoms with E-state index in [1.807, 2.05) is 11.1 Å². The first kappa shape index (κ1) is 10.8. The van der Waals surface area contributed by atoms with E-state index < -0.39 is 0 Å². The lowest BCUT2D eigenvalue weighted by Gasteiger charge is -2.25. The molecule has 2 atom stereocenters. The Morgan fingerprint density at radius 2 is 2.41 bits per heavy atom. The minimum atomic E-state index is -0.217. The van der Waals surface area contributed by atoms with E-state index in [4.69, 9.17) is 4.74 Å². The number of aromatic nitrogens is 2. The van der Waals surface area contributed by atoms with Crippen LogP contribution in [0.4, 0.5) is 0 Å². The van der Waals surface area contributed by atoms with Gasteiger partial charge in [-0.25, -0.2) is 4.98 Å². The van der Waals surface area contributed by atoms with Gasteiger partial charge in [-0.2, -0.15) is 0 Å². The summed E-state index contributed by atoms with van der Waals surface area (Å²) in [6, 6.07) is 0.113. The van der Waals surface area contributed by atoms with Gasteiger partial charge in [0.1, 0.15) is 11.9 Å². The number of H-pyrrole nitrogens is 1. The molecule has 0 spiro atoms. The van der Waals surface area contributed by atoms with Crippen molar-refractivity contribution in [1.82, 2.24) is 14.9 Å². The number of carbonyl (C=O) groups excluding carboxylic acids is 1. The first-order valence-electron chi connectivity index (χ1n) is 6.27. The number of imidazole rings is 1. The Labute approximate surface area is 100 Å². The molecule has 2 saturated heterocycles. The minimum Gasteiger partial charge on any atom is -0.368 e. The van der Waals surface area contributed by atoms with E-state index in [-0.39, 0.29) is 18.1 Å². The van der Waals surface area contributed by atoms with Gasteiger partial charge in [0.2, 0.25) is 0 Å². The zero-order valence-corrected chi connectivity index (χ0v) is 9.76. The normalized spacial score (nSPS) is 28.8. The van der Waals surface area contributed by atoms with Crippen molar-refractivity contribution in [2.75, 3.05) is 13.2 Å². The van der Waals surface area contributed by atoms with Gasteiger partial charge in [0, 0.05) is 25.5 Å². The van der Waals surface area contributed by atoms with Gasteiger partial charge < -0.3 is 14.6 Å². The Kier molecular flexibility index (Phi) is 2.84. The fourth-order valence-corrected chi connectivity index (χ4v) is 2.73. The number of hydrogen-bond donors (Lipinski definition) is 1. The van der Waals surface area contributed by atoms with Crippen molar-refractivity contribution < 1.29 is 9.53 Å². The molecule has 0 aromatic carbocycles. The predicted octanol–water partition coefficient (Wildman–Crippen LogP) is 1.25. The molecule has 0 saturated carbocycles. The molecular weight excluding hydrogens is 218 g/mol. The monoisotopic (exact) mass is 235 g/mol. The van der Waals surface area contributed by atoms with Crippen molar-refractivity contribution in [3.63, 3.8) is 0 Å². The first-order valence-corrected chi connectivity index (χ1v) is 6.27. The molecular formula is C12H17N3O2. The molecule has 1 amide bonds. The highest BCUT2D eigenvalue weighted by molar-refractivity contribution is 5.81. The maximum absolute atomic E-state index is 12.3. The molecule has 3 rings (SSSR count). The van der Waals surface area contributed by atoms with Crippen LogP contribution in [0.2, 0.25) is 0 Å². The number of aromatic amines is 1. The van der Waals surface area contributed by atoms with Crippen LogP contribution in [0.5, 0.6) is 0 Å². The summed E-state index contributed by atoms with van der Waals surface area (Å²) >= 11 is 0. The molecule has 0 unspecified atom stereocenters. The summed E-state index contributed by atoms with van der Waals surface area (Å²) in [7, 11) is 0. The molecule has 1 aromatic heterocycles. The third-order valence-corrected chi connectivity index (χ3v) is 3.58. The fraction of sp³-hybridized carbons (Fsp3) is 0.667. The highest BCUT2D eigenvalue weighted by atomic mass is 16.5. The van der Waals surface area contributed by atoms with Gasteiger partial charge in [-0.1, -0.05) is 0 Å². The summed E-state index contributed by atoms with van der Waals surface area (Å²) in [5.74, 6) is 1.04. The van der Waals surface area contributed by atoms with Crippen LogP contribution >= 0.6 is 0 Å². The first-order chi connectivity index (χ1) is 8.36. The van der Waals surface area contributed by atoms with Gasteiger partial charge in [-0.05, 0) is 25.7 Å². The topological polar surface area (TPSA) is 58.2 Å². The third kappa shape index (κ3) is 1.95. The maximum atomic E-state index is 12.3. The summed E-state index contributed by atoms with van der Waals surface area (Å²) in [5, 5.41) is 0. The Morgan fingerprint density at radius 3 is 3.12 bits per heavy atom. The van der Waals surface area contributed by atoms with Gasteiger partial charge in [-0.3, -0.25) is 4.79 Å². The number of carbonyl (C=O) groups is 1. The SMILES string of the molecule is O=C([C@H]1CCCO1)N1CCC[C@H]1c1ncc[nH]1. The molecule has 2 aliphatic heterocycles. The number of nitrogens with one attached hydrogen (secondary N) is 1. The Hall–Kier alpha value is -1.36. The van der Waals surface area contributed by atoms with Crippen molar-refractivity contribution in [2.24, 2.45) is 0 Å².